The van der Waals surface area contributed by atoms with Gasteiger partial charge in [-0.2, -0.15) is 5.10 Å². The van der Waals surface area contributed by atoms with Gasteiger partial charge in [0.05, 0.1) is 37.6 Å². The van der Waals surface area contributed by atoms with Crippen molar-refractivity contribution in [3.63, 3.8) is 0 Å². The van der Waals surface area contributed by atoms with E-state index in [-0.39, 0.29) is 12.1 Å². The summed E-state index contributed by atoms with van der Waals surface area (Å²) in [6.45, 7) is 9.81. The van der Waals surface area contributed by atoms with Crippen molar-refractivity contribution < 1.29 is 14.3 Å². The summed E-state index contributed by atoms with van der Waals surface area (Å²) in [5, 5.41) is 4.20. The smallest absolute Gasteiger partial charge is 0.341 e. The molecule has 1 saturated heterocycles. The SMILES string of the molecule is CCOC(=O)c1cnn(CC2CN(C(C)C)CCO2)c1. The van der Waals surface area contributed by atoms with Crippen LogP contribution in [-0.2, 0) is 16.0 Å². The van der Waals surface area contributed by atoms with Gasteiger partial charge in [-0.05, 0) is 20.8 Å². The second-order valence-corrected chi connectivity index (χ2v) is 5.25. The predicted molar refractivity (Wildman–Crippen MR) is 74.6 cm³/mol. The lowest BCUT2D eigenvalue weighted by Gasteiger charge is -2.35. The highest BCUT2D eigenvalue weighted by Gasteiger charge is 2.23. The third-order valence-electron chi connectivity index (χ3n) is 3.44. The number of carbonyl (C=O) groups is 1. The number of ether oxygens (including phenoxy) is 2. The van der Waals surface area contributed by atoms with Crippen molar-refractivity contribution in [2.24, 2.45) is 0 Å². The summed E-state index contributed by atoms with van der Waals surface area (Å²) in [5.74, 6) is -0.327. The highest BCUT2D eigenvalue weighted by atomic mass is 16.5. The number of hydrogen-bond acceptors (Lipinski definition) is 5. The Morgan fingerprint density at radius 3 is 3.10 bits per heavy atom. The van der Waals surface area contributed by atoms with E-state index in [9.17, 15) is 4.79 Å². The molecule has 1 aliphatic heterocycles. The molecule has 6 nitrogen and oxygen atoms in total. The van der Waals surface area contributed by atoms with Gasteiger partial charge in [0, 0.05) is 25.3 Å². The molecule has 1 atom stereocenters. The number of esters is 1. The first-order valence-electron chi connectivity index (χ1n) is 7.15. The summed E-state index contributed by atoms with van der Waals surface area (Å²) in [6.07, 6.45) is 3.37. The van der Waals surface area contributed by atoms with Gasteiger partial charge in [-0.1, -0.05) is 0 Å². The van der Waals surface area contributed by atoms with Crippen LogP contribution in [0.15, 0.2) is 12.4 Å². The Morgan fingerprint density at radius 2 is 2.40 bits per heavy atom. The zero-order valence-corrected chi connectivity index (χ0v) is 12.4. The quantitative estimate of drug-likeness (QED) is 0.758. The Kier molecular flexibility index (Phi) is 5.14. The van der Waals surface area contributed by atoms with Gasteiger partial charge in [0.15, 0.2) is 0 Å². The molecule has 6 heteroatoms. The number of rotatable bonds is 5. The molecule has 20 heavy (non-hydrogen) atoms. The molecule has 2 rings (SSSR count). The van der Waals surface area contributed by atoms with E-state index in [4.69, 9.17) is 9.47 Å². The van der Waals surface area contributed by atoms with E-state index in [0.29, 0.717) is 24.8 Å². The Balaban J connectivity index is 1.91. The number of nitrogens with zero attached hydrogens (tertiary/aromatic N) is 3. The van der Waals surface area contributed by atoms with Crippen LogP contribution in [-0.4, -0.2) is 59.1 Å². The highest BCUT2D eigenvalue weighted by molar-refractivity contribution is 5.88. The van der Waals surface area contributed by atoms with Gasteiger partial charge in [-0.15, -0.1) is 0 Å². The number of hydrogen-bond donors (Lipinski definition) is 0. The Morgan fingerprint density at radius 1 is 1.60 bits per heavy atom. The van der Waals surface area contributed by atoms with Crippen LogP contribution in [0.2, 0.25) is 0 Å². The summed E-state index contributed by atoms with van der Waals surface area (Å²) >= 11 is 0. The van der Waals surface area contributed by atoms with Crippen LogP contribution in [0.4, 0.5) is 0 Å². The molecule has 1 aromatic heterocycles. The summed E-state index contributed by atoms with van der Waals surface area (Å²) < 4.78 is 12.5. The molecular formula is C14H23N3O3. The van der Waals surface area contributed by atoms with Crippen molar-refractivity contribution in [1.82, 2.24) is 14.7 Å². The summed E-state index contributed by atoms with van der Waals surface area (Å²) in [6, 6.07) is 0.522. The van der Waals surface area contributed by atoms with E-state index in [0.717, 1.165) is 19.7 Å². The van der Waals surface area contributed by atoms with Crippen molar-refractivity contribution >= 4 is 5.97 Å². The van der Waals surface area contributed by atoms with Crippen LogP contribution >= 0.6 is 0 Å². The molecule has 0 spiro atoms. The summed E-state index contributed by atoms with van der Waals surface area (Å²) in [5.41, 5.74) is 0.489. The molecule has 0 N–H and O–H groups in total. The summed E-state index contributed by atoms with van der Waals surface area (Å²) in [4.78, 5) is 14.0. The zero-order chi connectivity index (χ0) is 14.5. The molecule has 1 aromatic rings. The fourth-order valence-corrected chi connectivity index (χ4v) is 2.31. The number of aromatic nitrogens is 2. The van der Waals surface area contributed by atoms with E-state index in [1.807, 2.05) is 0 Å². The van der Waals surface area contributed by atoms with Gasteiger partial charge in [0.1, 0.15) is 0 Å². The molecule has 1 unspecified atom stereocenters. The van der Waals surface area contributed by atoms with Gasteiger partial charge in [-0.3, -0.25) is 9.58 Å². The van der Waals surface area contributed by atoms with Gasteiger partial charge in [-0.25, -0.2) is 4.79 Å². The maximum absolute atomic E-state index is 11.6. The van der Waals surface area contributed by atoms with Crippen LogP contribution in [0.1, 0.15) is 31.1 Å². The third kappa shape index (κ3) is 3.80. The average molecular weight is 281 g/mol. The Labute approximate surface area is 119 Å². The first-order valence-corrected chi connectivity index (χ1v) is 7.15. The molecule has 0 saturated carbocycles. The molecular weight excluding hydrogens is 258 g/mol. The van der Waals surface area contributed by atoms with Crippen molar-refractivity contribution in [2.75, 3.05) is 26.3 Å². The zero-order valence-electron chi connectivity index (χ0n) is 12.4. The van der Waals surface area contributed by atoms with Gasteiger partial charge in [0.25, 0.3) is 0 Å². The largest absolute Gasteiger partial charge is 0.462 e. The van der Waals surface area contributed by atoms with E-state index >= 15 is 0 Å². The third-order valence-corrected chi connectivity index (χ3v) is 3.44. The van der Waals surface area contributed by atoms with E-state index in [1.165, 1.54) is 0 Å². The molecule has 0 bridgehead atoms. The number of morpholine rings is 1. The minimum Gasteiger partial charge on any atom is -0.462 e. The lowest BCUT2D eigenvalue weighted by Crippen LogP contribution is -2.47. The van der Waals surface area contributed by atoms with Gasteiger partial charge >= 0.3 is 5.97 Å². The molecule has 0 aliphatic carbocycles. The first-order chi connectivity index (χ1) is 9.60. The van der Waals surface area contributed by atoms with Crippen molar-refractivity contribution in [3.8, 4) is 0 Å². The van der Waals surface area contributed by atoms with Crippen molar-refractivity contribution in [3.05, 3.63) is 18.0 Å². The molecule has 0 amide bonds. The molecule has 0 radical (unpaired) electrons. The second kappa shape index (κ2) is 6.85. The normalized spacial score (nSPS) is 20.3. The fourth-order valence-electron chi connectivity index (χ4n) is 2.31. The highest BCUT2D eigenvalue weighted by Crippen LogP contribution is 2.11. The minimum atomic E-state index is -0.327. The predicted octanol–water partition coefficient (Wildman–Crippen LogP) is 1.17. The van der Waals surface area contributed by atoms with E-state index in [2.05, 4.69) is 23.8 Å². The van der Waals surface area contributed by atoms with Crippen LogP contribution in [0.5, 0.6) is 0 Å². The minimum absolute atomic E-state index is 0.112. The Bertz CT molecular complexity index is 445. The molecule has 2 heterocycles. The summed E-state index contributed by atoms with van der Waals surface area (Å²) in [7, 11) is 0. The van der Waals surface area contributed by atoms with Crippen LogP contribution in [0.3, 0.4) is 0 Å². The molecule has 1 aliphatic rings. The standard InChI is InChI=1S/C14H23N3O3/c1-4-19-14(18)12-7-15-17(8-12)10-13-9-16(11(2)3)5-6-20-13/h7-8,11,13H,4-6,9-10H2,1-3H3. The molecule has 0 aromatic carbocycles. The topological polar surface area (TPSA) is 56.6 Å². The maximum atomic E-state index is 11.6. The average Bonchev–Trinajstić information content (AvgIpc) is 2.88. The monoisotopic (exact) mass is 281 g/mol. The van der Waals surface area contributed by atoms with E-state index in [1.54, 1.807) is 24.0 Å². The Hall–Kier alpha value is -1.40. The van der Waals surface area contributed by atoms with Crippen molar-refractivity contribution in [2.45, 2.75) is 39.5 Å². The first kappa shape index (κ1) is 15.0. The van der Waals surface area contributed by atoms with E-state index < -0.39 is 0 Å². The fraction of sp³-hybridized carbons (Fsp3) is 0.714. The lowest BCUT2D eigenvalue weighted by atomic mass is 10.2. The van der Waals surface area contributed by atoms with Crippen LogP contribution in [0.25, 0.3) is 0 Å². The van der Waals surface area contributed by atoms with Crippen molar-refractivity contribution in [1.29, 1.82) is 0 Å². The van der Waals surface area contributed by atoms with Gasteiger partial charge < -0.3 is 9.47 Å². The van der Waals surface area contributed by atoms with Crippen LogP contribution < -0.4 is 0 Å². The lowest BCUT2D eigenvalue weighted by molar-refractivity contribution is -0.0469. The maximum Gasteiger partial charge on any atom is 0.341 e. The van der Waals surface area contributed by atoms with Gasteiger partial charge in [0.2, 0.25) is 0 Å². The molecule has 112 valence electrons. The second-order valence-electron chi connectivity index (χ2n) is 5.25. The van der Waals surface area contributed by atoms with Crippen LogP contribution in [0, 0.1) is 0 Å². The number of carbonyl (C=O) groups excluding carboxylic acids is 1. The molecule has 1 fully saturated rings.